The molecule has 1 heterocycles. The van der Waals surface area contributed by atoms with E-state index in [2.05, 4.69) is 20.4 Å². The Kier molecular flexibility index (Phi) is 9.89. The van der Waals surface area contributed by atoms with E-state index in [0.717, 1.165) is 12.1 Å². The van der Waals surface area contributed by atoms with Gasteiger partial charge in [0.1, 0.15) is 0 Å². The predicted octanol–water partition coefficient (Wildman–Crippen LogP) is 4.65. The first-order valence-electron chi connectivity index (χ1n) is 9.65. The number of guanidine groups is 1. The molecule has 0 atom stereocenters. The second-order valence-electron chi connectivity index (χ2n) is 6.40. The fraction of sp³-hybridized carbons (Fsp3) is 0.381. The van der Waals surface area contributed by atoms with Crippen LogP contribution in [0.2, 0.25) is 0 Å². The van der Waals surface area contributed by atoms with Crippen molar-refractivity contribution in [2.75, 3.05) is 32.2 Å². The lowest BCUT2D eigenvalue weighted by molar-refractivity contribution is -0.0512. The van der Waals surface area contributed by atoms with Crippen LogP contribution in [0, 0.1) is 0 Å². The Morgan fingerprint density at radius 2 is 1.87 bits per heavy atom. The number of nitrogens with one attached hydrogen (secondary N) is 2. The van der Waals surface area contributed by atoms with Gasteiger partial charge in [-0.15, -0.1) is 24.0 Å². The summed E-state index contributed by atoms with van der Waals surface area (Å²) in [4.78, 5) is 4.52. The van der Waals surface area contributed by atoms with Crippen LogP contribution in [0.3, 0.4) is 0 Å². The van der Waals surface area contributed by atoms with Crippen molar-refractivity contribution in [2.24, 2.45) is 4.99 Å². The third kappa shape index (κ3) is 7.30. The maximum Gasteiger partial charge on any atom is 0.387 e. The molecule has 170 valence electrons. The first-order valence-corrected chi connectivity index (χ1v) is 9.65. The van der Waals surface area contributed by atoms with Crippen molar-refractivity contribution in [2.45, 2.75) is 26.5 Å². The molecular formula is C21H26F2IN3O4. The van der Waals surface area contributed by atoms with Gasteiger partial charge in [0.05, 0.1) is 26.9 Å². The summed E-state index contributed by atoms with van der Waals surface area (Å²) in [6.45, 7) is 1.15. The molecule has 0 saturated carbocycles. The summed E-state index contributed by atoms with van der Waals surface area (Å²) < 4.78 is 46.2. The highest BCUT2D eigenvalue weighted by atomic mass is 127. The van der Waals surface area contributed by atoms with Gasteiger partial charge >= 0.3 is 6.61 Å². The van der Waals surface area contributed by atoms with Crippen LogP contribution in [-0.2, 0) is 6.54 Å². The van der Waals surface area contributed by atoms with E-state index >= 15 is 0 Å². The molecule has 7 nitrogen and oxygen atoms in total. The Hall–Kier alpha value is -2.50. The molecule has 1 aliphatic rings. The minimum absolute atomic E-state index is 0. The van der Waals surface area contributed by atoms with Gasteiger partial charge in [-0.3, -0.25) is 0 Å². The molecule has 0 fully saturated rings. The number of alkyl halides is 2. The molecule has 2 aromatic carbocycles. The maximum absolute atomic E-state index is 12.6. The molecular weight excluding hydrogens is 523 g/mol. The number of anilines is 1. The van der Waals surface area contributed by atoms with Gasteiger partial charge in [-0.2, -0.15) is 8.78 Å². The number of aliphatic imine (C=N–C) groups is 1. The first kappa shape index (κ1) is 24.8. The van der Waals surface area contributed by atoms with Crippen molar-refractivity contribution < 1.29 is 27.7 Å². The lowest BCUT2D eigenvalue weighted by atomic mass is 10.2. The zero-order chi connectivity index (χ0) is 21.3. The van der Waals surface area contributed by atoms with E-state index in [1.807, 2.05) is 25.1 Å². The van der Waals surface area contributed by atoms with E-state index in [1.165, 1.54) is 13.2 Å². The SMILES string of the molecule is CCNC(=NCc1ccc(OC)c(OC(F)F)c1)Nc1ccc2c(c1)OCCCO2.I. The van der Waals surface area contributed by atoms with E-state index in [4.69, 9.17) is 14.2 Å². The second-order valence-corrected chi connectivity index (χ2v) is 6.40. The Balaban J connectivity index is 0.00000341. The second kappa shape index (κ2) is 12.4. The predicted molar refractivity (Wildman–Crippen MR) is 126 cm³/mol. The average molecular weight is 549 g/mol. The van der Waals surface area contributed by atoms with E-state index < -0.39 is 6.61 Å². The van der Waals surface area contributed by atoms with Gasteiger partial charge < -0.3 is 29.6 Å². The van der Waals surface area contributed by atoms with Crippen molar-refractivity contribution in [1.82, 2.24) is 5.32 Å². The van der Waals surface area contributed by atoms with Crippen LogP contribution in [0.4, 0.5) is 14.5 Å². The van der Waals surface area contributed by atoms with Crippen LogP contribution < -0.4 is 29.6 Å². The monoisotopic (exact) mass is 549 g/mol. The largest absolute Gasteiger partial charge is 0.493 e. The summed E-state index contributed by atoms with van der Waals surface area (Å²) in [5.41, 5.74) is 1.48. The van der Waals surface area contributed by atoms with Gasteiger partial charge in [-0.25, -0.2) is 4.99 Å². The third-order valence-electron chi connectivity index (χ3n) is 4.22. The van der Waals surface area contributed by atoms with Gasteiger partial charge in [-0.1, -0.05) is 6.07 Å². The number of benzene rings is 2. The molecule has 3 rings (SSSR count). The van der Waals surface area contributed by atoms with Gasteiger partial charge in [0.2, 0.25) is 0 Å². The fourth-order valence-corrected chi connectivity index (χ4v) is 2.86. The molecule has 0 radical (unpaired) electrons. The number of nitrogens with zero attached hydrogens (tertiary/aromatic N) is 1. The summed E-state index contributed by atoms with van der Waals surface area (Å²) in [6.07, 6.45) is 0.834. The van der Waals surface area contributed by atoms with Crippen LogP contribution in [-0.4, -0.2) is 39.4 Å². The molecule has 1 aliphatic heterocycles. The number of methoxy groups -OCH3 is 1. The number of fused-ring (bicyclic) bond motifs is 1. The quantitative estimate of drug-likeness (QED) is 0.298. The Morgan fingerprint density at radius 3 is 2.58 bits per heavy atom. The molecule has 0 spiro atoms. The standard InChI is InChI=1S/C21H25F2N3O4.HI/c1-3-24-21(26-15-6-8-17-18(12-15)29-10-4-9-28-17)25-13-14-5-7-16(27-2)19(11-14)30-20(22)23;/h5-8,11-12,20H,3-4,9-10,13H2,1-2H3,(H2,24,25,26);1H. The molecule has 2 aromatic rings. The number of hydrogen-bond acceptors (Lipinski definition) is 5. The average Bonchev–Trinajstić information content (AvgIpc) is 2.97. The number of halogens is 3. The molecule has 0 unspecified atom stereocenters. The van der Waals surface area contributed by atoms with Gasteiger partial charge in [0.25, 0.3) is 0 Å². The molecule has 0 bridgehead atoms. The zero-order valence-electron chi connectivity index (χ0n) is 17.3. The molecule has 31 heavy (non-hydrogen) atoms. The smallest absolute Gasteiger partial charge is 0.387 e. The minimum atomic E-state index is -2.93. The molecule has 10 heteroatoms. The number of rotatable bonds is 7. The minimum Gasteiger partial charge on any atom is -0.493 e. The van der Waals surface area contributed by atoms with Crippen LogP contribution in [0.15, 0.2) is 41.4 Å². The number of ether oxygens (including phenoxy) is 4. The summed E-state index contributed by atoms with van der Waals surface area (Å²) in [6, 6.07) is 10.4. The lowest BCUT2D eigenvalue weighted by Crippen LogP contribution is -2.30. The highest BCUT2D eigenvalue weighted by molar-refractivity contribution is 14.0. The molecule has 0 aromatic heterocycles. The van der Waals surface area contributed by atoms with Crippen LogP contribution in [0.25, 0.3) is 0 Å². The Labute approximate surface area is 197 Å². The third-order valence-corrected chi connectivity index (χ3v) is 4.22. The Bertz CT molecular complexity index is 884. The van der Waals surface area contributed by atoms with Crippen molar-refractivity contribution >= 4 is 35.6 Å². The molecule has 0 saturated heterocycles. The van der Waals surface area contributed by atoms with Gasteiger partial charge in [0, 0.05) is 24.7 Å². The van der Waals surface area contributed by atoms with Crippen LogP contribution in [0.1, 0.15) is 18.9 Å². The molecule has 0 amide bonds. The van der Waals surface area contributed by atoms with Crippen LogP contribution >= 0.6 is 24.0 Å². The maximum atomic E-state index is 12.6. The van der Waals surface area contributed by atoms with Crippen molar-refractivity contribution in [3.63, 3.8) is 0 Å². The van der Waals surface area contributed by atoms with Gasteiger partial charge in [-0.05, 0) is 36.8 Å². The highest BCUT2D eigenvalue weighted by Crippen LogP contribution is 2.32. The van der Waals surface area contributed by atoms with E-state index in [0.29, 0.717) is 42.8 Å². The summed E-state index contributed by atoms with van der Waals surface area (Å²) in [7, 11) is 1.40. The van der Waals surface area contributed by atoms with E-state index in [-0.39, 0.29) is 42.0 Å². The topological polar surface area (TPSA) is 73.3 Å². The van der Waals surface area contributed by atoms with Crippen molar-refractivity contribution in [1.29, 1.82) is 0 Å². The zero-order valence-corrected chi connectivity index (χ0v) is 19.7. The number of hydrogen-bond donors (Lipinski definition) is 2. The van der Waals surface area contributed by atoms with Crippen molar-refractivity contribution in [3.8, 4) is 23.0 Å². The normalized spacial score (nSPS) is 13.1. The van der Waals surface area contributed by atoms with E-state index in [9.17, 15) is 8.78 Å². The first-order chi connectivity index (χ1) is 14.6. The van der Waals surface area contributed by atoms with E-state index in [1.54, 1.807) is 12.1 Å². The van der Waals surface area contributed by atoms with Gasteiger partial charge in [0.15, 0.2) is 29.0 Å². The summed E-state index contributed by atoms with van der Waals surface area (Å²) in [5, 5.41) is 6.37. The van der Waals surface area contributed by atoms with Crippen molar-refractivity contribution in [3.05, 3.63) is 42.0 Å². The lowest BCUT2D eigenvalue weighted by Gasteiger charge is -2.14. The van der Waals surface area contributed by atoms with Crippen LogP contribution in [0.5, 0.6) is 23.0 Å². The highest BCUT2D eigenvalue weighted by Gasteiger charge is 2.13. The summed E-state index contributed by atoms with van der Waals surface area (Å²) >= 11 is 0. The molecule has 2 N–H and O–H groups in total. The fourth-order valence-electron chi connectivity index (χ4n) is 2.86. The Morgan fingerprint density at radius 1 is 1.10 bits per heavy atom. The summed E-state index contributed by atoms with van der Waals surface area (Å²) in [5.74, 6) is 2.14. The molecule has 0 aliphatic carbocycles.